The molecule has 4 heteroatoms. The quantitative estimate of drug-likeness (QED) is 0.854. The Bertz CT molecular complexity index is 630. The van der Waals surface area contributed by atoms with Crippen molar-refractivity contribution in [2.45, 2.75) is 0 Å². The van der Waals surface area contributed by atoms with Gasteiger partial charge in [-0.25, -0.2) is 0 Å². The molecular weight excluding hydrogens is 238 g/mol. The van der Waals surface area contributed by atoms with Crippen molar-refractivity contribution in [3.8, 4) is 17.6 Å². The summed E-state index contributed by atoms with van der Waals surface area (Å²) in [5.41, 5.74) is 7.88. The van der Waals surface area contributed by atoms with E-state index in [1.165, 1.54) is 0 Å². The predicted octanol–water partition coefficient (Wildman–Crippen LogP) is 3.00. The Hall–Kier alpha value is -2.67. The Balaban J connectivity index is 2.26. The lowest BCUT2D eigenvalue weighted by molar-refractivity contribution is 0.485. The average molecular weight is 253 g/mol. The number of nitriles is 1. The summed E-state index contributed by atoms with van der Waals surface area (Å²) in [6.45, 7) is 0. The number of nitrogen functional groups attached to an aromatic ring is 1. The van der Waals surface area contributed by atoms with Crippen molar-refractivity contribution in [2.24, 2.45) is 0 Å². The summed E-state index contributed by atoms with van der Waals surface area (Å²) in [7, 11) is 3.93. The van der Waals surface area contributed by atoms with Gasteiger partial charge in [-0.1, -0.05) is 6.07 Å². The second kappa shape index (κ2) is 5.32. The molecule has 0 amide bonds. The molecule has 0 aromatic heterocycles. The van der Waals surface area contributed by atoms with Crippen molar-refractivity contribution in [3.05, 3.63) is 48.0 Å². The zero-order valence-corrected chi connectivity index (χ0v) is 10.9. The van der Waals surface area contributed by atoms with Crippen molar-refractivity contribution >= 4 is 11.4 Å². The van der Waals surface area contributed by atoms with Gasteiger partial charge in [0.15, 0.2) is 0 Å². The fraction of sp³-hybridized carbons (Fsp3) is 0.133. The Morgan fingerprint density at radius 1 is 1.16 bits per heavy atom. The highest BCUT2D eigenvalue weighted by molar-refractivity contribution is 5.58. The van der Waals surface area contributed by atoms with E-state index >= 15 is 0 Å². The van der Waals surface area contributed by atoms with Crippen molar-refractivity contribution in [2.75, 3.05) is 24.7 Å². The molecule has 0 spiro atoms. The summed E-state index contributed by atoms with van der Waals surface area (Å²) in [5, 5.41) is 8.79. The minimum atomic E-state index is 0.453. The smallest absolute Gasteiger partial charge is 0.150 e. The zero-order chi connectivity index (χ0) is 13.8. The van der Waals surface area contributed by atoms with Crippen LogP contribution in [0, 0.1) is 11.3 Å². The molecule has 0 heterocycles. The van der Waals surface area contributed by atoms with Gasteiger partial charge in [-0.2, -0.15) is 5.26 Å². The third-order valence-electron chi connectivity index (χ3n) is 2.70. The van der Waals surface area contributed by atoms with Gasteiger partial charge in [-0.05, 0) is 30.3 Å². The van der Waals surface area contributed by atoms with Crippen molar-refractivity contribution in [3.63, 3.8) is 0 Å². The van der Waals surface area contributed by atoms with Gasteiger partial charge >= 0.3 is 0 Å². The first-order valence-corrected chi connectivity index (χ1v) is 5.85. The zero-order valence-electron chi connectivity index (χ0n) is 10.9. The molecule has 0 fully saturated rings. The molecule has 96 valence electrons. The van der Waals surface area contributed by atoms with E-state index in [9.17, 15) is 0 Å². The highest BCUT2D eigenvalue weighted by Gasteiger charge is 2.04. The van der Waals surface area contributed by atoms with Crippen molar-refractivity contribution < 1.29 is 4.74 Å². The summed E-state index contributed by atoms with van der Waals surface area (Å²) in [5.74, 6) is 1.26. The number of ether oxygens (including phenoxy) is 1. The van der Waals surface area contributed by atoms with E-state index in [2.05, 4.69) is 0 Å². The van der Waals surface area contributed by atoms with Crippen LogP contribution >= 0.6 is 0 Å². The van der Waals surface area contributed by atoms with Crippen LogP contribution in [0.25, 0.3) is 0 Å². The molecule has 0 atom stereocenters. The Morgan fingerprint density at radius 2 is 1.95 bits per heavy atom. The molecule has 0 radical (unpaired) electrons. The van der Waals surface area contributed by atoms with E-state index in [0.717, 1.165) is 5.69 Å². The summed E-state index contributed by atoms with van der Waals surface area (Å²) >= 11 is 0. The number of nitrogens with two attached hydrogens (primary N) is 1. The first-order chi connectivity index (χ1) is 9.10. The van der Waals surface area contributed by atoms with E-state index in [4.69, 9.17) is 15.7 Å². The van der Waals surface area contributed by atoms with Crippen LogP contribution in [0.2, 0.25) is 0 Å². The maximum absolute atomic E-state index is 8.79. The predicted molar refractivity (Wildman–Crippen MR) is 76.4 cm³/mol. The van der Waals surface area contributed by atoms with Crippen LogP contribution < -0.4 is 15.4 Å². The van der Waals surface area contributed by atoms with Gasteiger partial charge in [0.05, 0.1) is 17.3 Å². The van der Waals surface area contributed by atoms with Gasteiger partial charge in [0.1, 0.15) is 11.5 Å². The van der Waals surface area contributed by atoms with Gasteiger partial charge in [0.2, 0.25) is 0 Å². The highest BCUT2D eigenvalue weighted by atomic mass is 16.5. The number of hydrogen-bond donors (Lipinski definition) is 1. The van der Waals surface area contributed by atoms with Crippen LogP contribution in [0.5, 0.6) is 11.5 Å². The van der Waals surface area contributed by atoms with Crippen molar-refractivity contribution in [1.29, 1.82) is 5.26 Å². The topological polar surface area (TPSA) is 62.3 Å². The van der Waals surface area contributed by atoms with Gasteiger partial charge < -0.3 is 15.4 Å². The van der Waals surface area contributed by atoms with Gasteiger partial charge in [0, 0.05) is 25.8 Å². The number of hydrogen-bond acceptors (Lipinski definition) is 4. The Kier molecular flexibility index (Phi) is 3.58. The summed E-state index contributed by atoms with van der Waals surface area (Å²) in [4.78, 5) is 2.00. The SMILES string of the molecule is CN(C)c1cccc(Oc2ccc(C#N)cc2N)c1. The van der Waals surface area contributed by atoms with Gasteiger partial charge in [0.25, 0.3) is 0 Å². The number of rotatable bonds is 3. The summed E-state index contributed by atoms with van der Waals surface area (Å²) in [6, 6.07) is 14.7. The molecular formula is C15H15N3O. The minimum Gasteiger partial charge on any atom is -0.455 e. The second-order valence-electron chi connectivity index (χ2n) is 4.36. The molecule has 0 saturated carbocycles. The van der Waals surface area contributed by atoms with E-state index in [1.54, 1.807) is 18.2 Å². The Labute approximate surface area is 112 Å². The summed E-state index contributed by atoms with van der Waals surface area (Å²) < 4.78 is 5.74. The first kappa shape index (κ1) is 12.8. The fourth-order valence-electron chi connectivity index (χ4n) is 1.66. The molecule has 0 aliphatic heterocycles. The van der Waals surface area contributed by atoms with Crippen LogP contribution in [-0.2, 0) is 0 Å². The van der Waals surface area contributed by atoms with Crippen LogP contribution in [-0.4, -0.2) is 14.1 Å². The maximum Gasteiger partial charge on any atom is 0.150 e. The molecule has 2 N–H and O–H groups in total. The van der Waals surface area contributed by atoms with Crippen LogP contribution in [0.15, 0.2) is 42.5 Å². The summed E-state index contributed by atoms with van der Waals surface area (Å²) in [6.07, 6.45) is 0. The monoisotopic (exact) mass is 253 g/mol. The van der Waals surface area contributed by atoms with Gasteiger partial charge in [-0.15, -0.1) is 0 Å². The van der Waals surface area contributed by atoms with Crippen LogP contribution in [0.1, 0.15) is 5.56 Å². The highest BCUT2D eigenvalue weighted by Crippen LogP contribution is 2.29. The lowest BCUT2D eigenvalue weighted by Crippen LogP contribution is -2.08. The molecule has 4 nitrogen and oxygen atoms in total. The number of benzene rings is 2. The molecule has 0 aliphatic rings. The molecule has 0 aliphatic carbocycles. The largest absolute Gasteiger partial charge is 0.455 e. The average Bonchev–Trinajstić information content (AvgIpc) is 2.41. The van der Waals surface area contributed by atoms with Gasteiger partial charge in [-0.3, -0.25) is 0 Å². The van der Waals surface area contributed by atoms with Crippen molar-refractivity contribution in [1.82, 2.24) is 0 Å². The molecule has 0 saturated heterocycles. The van der Waals surface area contributed by atoms with E-state index in [1.807, 2.05) is 49.3 Å². The molecule has 19 heavy (non-hydrogen) atoms. The molecule has 2 rings (SSSR count). The van der Waals surface area contributed by atoms with Crippen LogP contribution in [0.4, 0.5) is 11.4 Å². The van der Waals surface area contributed by atoms with E-state index in [-0.39, 0.29) is 0 Å². The lowest BCUT2D eigenvalue weighted by atomic mass is 10.2. The maximum atomic E-state index is 8.79. The molecule has 0 bridgehead atoms. The molecule has 0 unspecified atom stereocenters. The standard InChI is InChI=1S/C15H15N3O/c1-18(2)12-4-3-5-13(9-12)19-15-7-6-11(10-16)8-14(15)17/h3-9H,17H2,1-2H3. The number of anilines is 2. The fourth-order valence-corrected chi connectivity index (χ4v) is 1.66. The third-order valence-corrected chi connectivity index (χ3v) is 2.70. The van der Waals surface area contributed by atoms with E-state index in [0.29, 0.717) is 22.7 Å². The number of nitrogens with zero attached hydrogens (tertiary/aromatic N) is 2. The first-order valence-electron chi connectivity index (χ1n) is 5.85. The second-order valence-corrected chi connectivity index (χ2v) is 4.36. The van der Waals surface area contributed by atoms with Crippen LogP contribution in [0.3, 0.4) is 0 Å². The Morgan fingerprint density at radius 3 is 2.58 bits per heavy atom. The lowest BCUT2D eigenvalue weighted by Gasteiger charge is -2.14. The van der Waals surface area contributed by atoms with E-state index < -0.39 is 0 Å². The normalized spacial score (nSPS) is 9.74. The minimum absolute atomic E-state index is 0.453. The third kappa shape index (κ3) is 2.96. The molecule has 2 aromatic carbocycles. The molecule has 2 aromatic rings.